The molecule has 0 aromatic carbocycles. The Kier molecular flexibility index (Phi) is 19.3. The van der Waals surface area contributed by atoms with Crippen molar-refractivity contribution in [1.82, 2.24) is 0 Å². The number of unbranched alkanes of at least 4 members (excludes halogenated alkanes) is 13. The molecule has 0 saturated heterocycles. The standard InChI is InChI=1S/C22H44O3/c1-4-5-6-7-8-9-10-11-12-13-14-15-16-17-20-25-21(2)18-19-22(23)24-3/h21H,4-20H2,1-3H3. The number of hydrogen-bond donors (Lipinski definition) is 0. The second kappa shape index (κ2) is 19.8. The molecule has 0 fully saturated rings. The third-order valence-electron chi connectivity index (χ3n) is 4.88. The lowest BCUT2D eigenvalue weighted by Crippen LogP contribution is -2.12. The lowest BCUT2D eigenvalue weighted by atomic mass is 10.0. The molecule has 0 amide bonds. The molecule has 0 aliphatic carbocycles. The van der Waals surface area contributed by atoms with Crippen LogP contribution in [0.15, 0.2) is 0 Å². The van der Waals surface area contributed by atoms with E-state index in [0.29, 0.717) is 6.42 Å². The zero-order valence-electron chi connectivity index (χ0n) is 17.3. The normalized spacial score (nSPS) is 12.3. The van der Waals surface area contributed by atoms with Crippen LogP contribution in [-0.2, 0) is 14.3 Å². The van der Waals surface area contributed by atoms with E-state index in [1.807, 2.05) is 6.92 Å². The van der Waals surface area contributed by atoms with Crippen LogP contribution >= 0.6 is 0 Å². The van der Waals surface area contributed by atoms with Crippen molar-refractivity contribution in [2.45, 2.75) is 123 Å². The molecule has 0 rings (SSSR count). The summed E-state index contributed by atoms with van der Waals surface area (Å²) in [6.45, 7) is 5.13. The molecule has 3 heteroatoms. The fourth-order valence-corrected chi connectivity index (χ4v) is 3.09. The fourth-order valence-electron chi connectivity index (χ4n) is 3.09. The fraction of sp³-hybridized carbons (Fsp3) is 0.955. The quantitative estimate of drug-likeness (QED) is 0.188. The highest BCUT2D eigenvalue weighted by Gasteiger charge is 2.06. The first kappa shape index (κ1) is 24.4. The Bertz CT molecular complexity index is 278. The first-order valence-corrected chi connectivity index (χ1v) is 10.9. The lowest BCUT2D eigenvalue weighted by molar-refractivity contribution is -0.141. The Morgan fingerprint density at radius 2 is 1.20 bits per heavy atom. The van der Waals surface area contributed by atoms with Gasteiger partial charge in [0.15, 0.2) is 0 Å². The highest BCUT2D eigenvalue weighted by molar-refractivity contribution is 5.69. The summed E-state index contributed by atoms with van der Waals surface area (Å²) < 4.78 is 10.4. The summed E-state index contributed by atoms with van der Waals surface area (Å²) in [5.41, 5.74) is 0. The van der Waals surface area contributed by atoms with E-state index in [2.05, 4.69) is 11.7 Å². The summed E-state index contributed by atoms with van der Waals surface area (Å²) >= 11 is 0. The molecule has 0 aromatic rings. The van der Waals surface area contributed by atoms with Gasteiger partial charge in [-0.15, -0.1) is 0 Å². The van der Waals surface area contributed by atoms with Gasteiger partial charge >= 0.3 is 5.97 Å². The predicted octanol–water partition coefficient (Wildman–Crippen LogP) is 6.83. The average molecular weight is 357 g/mol. The Labute approximate surface area is 157 Å². The van der Waals surface area contributed by atoms with E-state index in [1.54, 1.807) is 0 Å². The van der Waals surface area contributed by atoms with Crippen LogP contribution in [0.25, 0.3) is 0 Å². The smallest absolute Gasteiger partial charge is 0.305 e. The van der Waals surface area contributed by atoms with Crippen molar-refractivity contribution in [3.8, 4) is 0 Å². The summed E-state index contributed by atoms with van der Waals surface area (Å²) in [7, 11) is 1.43. The third-order valence-corrected chi connectivity index (χ3v) is 4.88. The highest BCUT2D eigenvalue weighted by atomic mass is 16.5. The molecular formula is C22H44O3. The third kappa shape index (κ3) is 19.6. The Morgan fingerprint density at radius 1 is 0.760 bits per heavy atom. The molecule has 0 aliphatic heterocycles. The zero-order valence-corrected chi connectivity index (χ0v) is 17.3. The van der Waals surface area contributed by atoms with Crippen molar-refractivity contribution in [1.29, 1.82) is 0 Å². The minimum atomic E-state index is -0.146. The number of hydrogen-bond acceptors (Lipinski definition) is 3. The monoisotopic (exact) mass is 356 g/mol. The van der Waals surface area contributed by atoms with Gasteiger partial charge in [-0.1, -0.05) is 90.4 Å². The van der Waals surface area contributed by atoms with Crippen molar-refractivity contribution in [3.63, 3.8) is 0 Å². The van der Waals surface area contributed by atoms with Crippen molar-refractivity contribution < 1.29 is 14.3 Å². The van der Waals surface area contributed by atoms with Crippen molar-refractivity contribution in [2.24, 2.45) is 0 Å². The number of ether oxygens (including phenoxy) is 2. The summed E-state index contributed by atoms with van der Waals surface area (Å²) in [4.78, 5) is 11.1. The minimum absolute atomic E-state index is 0.146. The largest absolute Gasteiger partial charge is 0.469 e. The van der Waals surface area contributed by atoms with Gasteiger partial charge in [0, 0.05) is 13.0 Å². The van der Waals surface area contributed by atoms with E-state index < -0.39 is 0 Å². The SMILES string of the molecule is CCCCCCCCCCCCCCCCOC(C)CCC(=O)OC. The summed E-state index contributed by atoms with van der Waals surface area (Å²) in [6.07, 6.45) is 20.7. The molecule has 0 aromatic heterocycles. The molecule has 0 N–H and O–H groups in total. The molecule has 25 heavy (non-hydrogen) atoms. The topological polar surface area (TPSA) is 35.5 Å². The molecule has 0 spiro atoms. The Hall–Kier alpha value is -0.570. The van der Waals surface area contributed by atoms with Crippen LogP contribution in [0.3, 0.4) is 0 Å². The molecule has 0 aliphatic rings. The van der Waals surface area contributed by atoms with Crippen LogP contribution in [0.1, 0.15) is 117 Å². The molecular weight excluding hydrogens is 312 g/mol. The van der Waals surface area contributed by atoms with Crippen LogP contribution in [0.4, 0.5) is 0 Å². The van der Waals surface area contributed by atoms with Gasteiger partial charge < -0.3 is 9.47 Å². The number of methoxy groups -OCH3 is 1. The van der Waals surface area contributed by atoms with Gasteiger partial charge in [-0.2, -0.15) is 0 Å². The molecule has 0 saturated carbocycles. The van der Waals surface area contributed by atoms with Gasteiger partial charge in [0.2, 0.25) is 0 Å². The number of esters is 1. The predicted molar refractivity (Wildman–Crippen MR) is 107 cm³/mol. The van der Waals surface area contributed by atoms with Crippen LogP contribution in [-0.4, -0.2) is 25.8 Å². The number of carbonyl (C=O) groups is 1. The number of rotatable bonds is 19. The van der Waals surface area contributed by atoms with Crippen molar-refractivity contribution in [2.75, 3.05) is 13.7 Å². The Balaban J connectivity index is 3.12. The number of carbonyl (C=O) groups excluding carboxylic acids is 1. The van der Waals surface area contributed by atoms with Crippen LogP contribution in [0.2, 0.25) is 0 Å². The van der Waals surface area contributed by atoms with E-state index in [4.69, 9.17) is 4.74 Å². The van der Waals surface area contributed by atoms with E-state index >= 15 is 0 Å². The second-order valence-corrected chi connectivity index (χ2v) is 7.39. The van der Waals surface area contributed by atoms with E-state index in [0.717, 1.165) is 19.4 Å². The summed E-state index contributed by atoms with van der Waals surface area (Å²) in [6, 6.07) is 0. The molecule has 0 heterocycles. The molecule has 3 nitrogen and oxygen atoms in total. The van der Waals surface area contributed by atoms with E-state index in [1.165, 1.54) is 90.6 Å². The second-order valence-electron chi connectivity index (χ2n) is 7.39. The Morgan fingerprint density at radius 3 is 1.64 bits per heavy atom. The average Bonchev–Trinajstić information content (AvgIpc) is 2.62. The first-order chi connectivity index (χ1) is 12.2. The minimum Gasteiger partial charge on any atom is -0.469 e. The van der Waals surface area contributed by atoms with Gasteiger partial charge in [-0.05, 0) is 19.8 Å². The molecule has 150 valence electrons. The van der Waals surface area contributed by atoms with E-state index in [-0.39, 0.29) is 12.1 Å². The molecule has 0 bridgehead atoms. The maximum absolute atomic E-state index is 11.1. The van der Waals surface area contributed by atoms with Gasteiger partial charge in [0.1, 0.15) is 0 Å². The zero-order chi connectivity index (χ0) is 18.6. The van der Waals surface area contributed by atoms with Crippen LogP contribution in [0.5, 0.6) is 0 Å². The van der Waals surface area contributed by atoms with Crippen molar-refractivity contribution >= 4 is 5.97 Å². The lowest BCUT2D eigenvalue weighted by Gasteiger charge is -2.12. The van der Waals surface area contributed by atoms with Gasteiger partial charge in [-0.3, -0.25) is 4.79 Å². The molecule has 0 radical (unpaired) electrons. The molecule has 1 atom stereocenters. The maximum Gasteiger partial charge on any atom is 0.305 e. The van der Waals surface area contributed by atoms with Crippen molar-refractivity contribution in [3.05, 3.63) is 0 Å². The van der Waals surface area contributed by atoms with Gasteiger partial charge in [0.25, 0.3) is 0 Å². The van der Waals surface area contributed by atoms with Crippen LogP contribution in [0, 0.1) is 0 Å². The summed E-state index contributed by atoms with van der Waals surface area (Å²) in [5, 5.41) is 0. The van der Waals surface area contributed by atoms with Gasteiger partial charge in [-0.25, -0.2) is 0 Å². The molecule has 1 unspecified atom stereocenters. The maximum atomic E-state index is 11.1. The summed E-state index contributed by atoms with van der Waals surface area (Å²) in [5.74, 6) is -0.146. The highest BCUT2D eigenvalue weighted by Crippen LogP contribution is 2.13. The first-order valence-electron chi connectivity index (χ1n) is 10.9. The van der Waals surface area contributed by atoms with E-state index in [9.17, 15) is 4.79 Å². The van der Waals surface area contributed by atoms with Gasteiger partial charge in [0.05, 0.1) is 13.2 Å². The van der Waals surface area contributed by atoms with Crippen LogP contribution < -0.4 is 0 Å².